The molecule has 1 N–H and O–H groups in total. The highest BCUT2D eigenvalue weighted by molar-refractivity contribution is 5.94. The van der Waals surface area contributed by atoms with Gasteiger partial charge in [-0.2, -0.15) is 13.2 Å². The van der Waals surface area contributed by atoms with Crippen LogP contribution in [0.1, 0.15) is 21.5 Å². The Morgan fingerprint density at radius 1 is 1.04 bits per heavy atom. The lowest BCUT2D eigenvalue weighted by molar-refractivity contribution is -0.137. The van der Waals surface area contributed by atoms with Gasteiger partial charge in [0.1, 0.15) is 0 Å². The minimum Gasteiger partial charge on any atom is -0.348 e. The zero-order valence-electron chi connectivity index (χ0n) is 13.5. The van der Waals surface area contributed by atoms with E-state index in [0.29, 0.717) is 17.7 Å². The van der Waals surface area contributed by atoms with Crippen molar-refractivity contribution < 1.29 is 18.0 Å². The highest BCUT2D eigenvalue weighted by atomic mass is 19.4. The van der Waals surface area contributed by atoms with Crippen molar-refractivity contribution in [3.05, 3.63) is 83.8 Å². The maximum Gasteiger partial charge on any atom is 0.416 e. The third-order valence-electron chi connectivity index (χ3n) is 3.71. The third-order valence-corrected chi connectivity index (χ3v) is 3.71. The molecule has 0 atom stereocenters. The van der Waals surface area contributed by atoms with E-state index in [4.69, 9.17) is 0 Å². The van der Waals surface area contributed by atoms with Crippen molar-refractivity contribution in [3.63, 3.8) is 0 Å². The topological polar surface area (TPSA) is 54.9 Å². The number of aromatic nitrogens is 2. The Morgan fingerprint density at radius 2 is 1.81 bits per heavy atom. The molecule has 0 unspecified atom stereocenters. The Hall–Kier alpha value is -3.22. The molecule has 1 aromatic carbocycles. The van der Waals surface area contributed by atoms with E-state index in [1.54, 1.807) is 42.7 Å². The molecule has 26 heavy (non-hydrogen) atoms. The Kier molecular flexibility index (Phi) is 4.97. The zero-order valence-corrected chi connectivity index (χ0v) is 13.5. The first-order chi connectivity index (χ1) is 12.4. The van der Waals surface area contributed by atoms with Gasteiger partial charge in [0.2, 0.25) is 0 Å². The monoisotopic (exact) mass is 357 g/mol. The van der Waals surface area contributed by atoms with Gasteiger partial charge in [0.05, 0.1) is 11.3 Å². The maximum absolute atomic E-state index is 12.8. The number of nitrogens with zero attached hydrogens (tertiary/aromatic N) is 2. The average Bonchev–Trinajstić information content (AvgIpc) is 2.66. The quantitative estimate of drug-likeness (QED) is 0.765. The Labute approximate surface area is 147 Å². The molecule has 4 nitrogen and oxygen atoms in total. The number of hydrogen-bond acceptors (Lipinski definition) is 3. The first-order valence-corrected chi connectivity index (χ1v) is 7.74. The van der Waals surface area contributed by atoms with Crippen molar-refractivity contribution in [3.8, 4) is 11.3 Å². The molecule has 0 fully saturated rings. The number of rotatable bonds is 4. The van der Waals surface area contributed by atoms with Crippen LogP contribution in [0.2, 0.25) is 0 Å². The minimum atomic E-state index is -4.43. The zero-order chi connectivity index (χ0) is 18.6. The van der Waals surface area contributed by atoms with Crippen LogP contribution in [0.5, 0.6) is 0 Å². The molecule has 2 heterocycles. The van der Waals surface area contributed by atoms with Crippen molar-refractivity contribution in [1.82, 2.24) is 15.3 Å². The summed E-state index contributed by atoms with van der Waals surface area (Å²) in [6, 6.07) is 11.8. The lowest BCUT2D eigenvalue weighted by Crippen LogP contribution is -2.22. The molecule has 7 heteroatoms. The summed E-state index contributed by atoms with van der Waals surface area (Å²) in [5, 5.41) is 2.76. The van der Waals surface area contributed by atoms with E-state index in [-0.39, 0.29) is 11.6 Å². The molecule has 3 rings (SSSR count). The van der Waals surface area contributed by atoms with Gasteiger partial charge in [-0.15, -0.1) is 0 Å². The minimum absolute atomic E-state index is 0.196. The number of carbonyl (C=O) groups excluding carboxylic acids is 1. The molecule has 0 bridgehead atoms. The smallest absolute Gasteiger partial charge is 0.348 e. The van der Waals surface area contributed by atoms with E-state index in [2.05, 4.69) is 15.3 Å². The number of amides is 1. The van der Waals surface area contributed by atoms with Crippen LogP contribution in [0.4, 0.5) is 13.2 Å². The molecule has 0 saturated carbocycles. The molecule has 1 amide bonds. The summed E-state index contributed by atoms with van der Waals surface area (Å²) < 4.78 is 38.4. The number of nitrogens with one attached hydrogen (secondary N) is 1. The number of carbonyl (C=O) groups is 1. The van der Waals surface area contributed by atoms with Crippen LogP contribution in [0.25, 0.3) is 11.3 Å². The van der Waals surface area contributed by atoms with E-state index in [1.807, 2.05) is 6.07 Å². The van der Waals surface area contributed by atoms with Gasteiger partial charge in [-0.1, -0.05) is 18.2 Å². The summed E-state index contributed by atoms with van der Waals surface area (Å²) >= 11 is 0. The lowest BCUT2D eigenvalue weighted by Gasteiger charge is -2.09. The van der Waals surface area contributed by atoms with Crippen molar-refractivity contribution in [2.24, 2.45) is 0 Å². The van der Waals surface area contributed by atoms with Crippen molar-refractivity contribution >= 4 is 5.91 Å². The van der Waals surface area contributed by atoms with E-state index < -0.39 is 11.7 Å². The third kappa shape index (κ3) is 4.24. The second-order valence-electron chi connectivity index (χ2n) is 5.55. The Balaban J connectivity index is 1.71. The van der Waals surface area contributed by atoms with Crippen LogP contribution < -0.4 is 5.32 Å². The lowest BCUT2D eigenvalue weighted by atomic mass is 10.1. The molecular weight excluding hydrogens is 343 g/mol. The first kappa shape index (κ1) is 17.6. The fourth-order valence-electron chi connectivity index (χ4n) is 2.34. The van der Waals surface area contributed by atoms with Gasteiger partial charge in [0, 0.05) is 36.3 Å². The number of benzene rings is 1. The molecule has 132 valence electrons. The summed E-state index contributed by atoms with van der Waals surface area (Å²) in [7, 11) is 0. The molecule has 3 aromatic rings. The summed E-state index contributed by atoms with van der Waals surface area (Å²) in [5.74, 6) is -0.280. The number of hydrogen-bond donors (Lipinski definition) is 1. The van der Waals surface area contributed by atoms with E-state index >= 15 is 0 Å². The number of alkyl halides is 3. The van der Waals surface area contributed by atoms with Crippen LogP contribution in [0.3, 0.4) is 0 Å². The fraction of sp³-hybridized carbons (Fsp3) is 0.105. The van der Waals surface area contributed by atoms with Crippen molar-refractivity contribution in [2.75, 3.05) is 0 Å². The molecule has 0 aliphatic carbocycles. The highest BCUT2D eigenvalue weighted by Crippen LogP contribution is 2.31. The van der Waals surface area contributed by atoms with Crippen molar-refractivity contribution in [2.45, 2.75) is 12.7 Å². The van der Waals surface area contributed by atoms with E-state index in [0.717, 1.165) is 23.9 Å². The predicted molar refractivity (Wildman–Crippen MR) is 90.1 cm³/mol. The van der Waals surface area contributed by atoms with Crippen LogP contribution in [0.15, 0.2) is 67.1 Å². The van der Waals surface area contributed by atoms with Crippen molar-refractivity contribution in [1.29, 1.82) is 0 Å². The average molecular weight is 357 g/mol. The molecule has 0 spiro atoms. The van der Waals surface area contributed by atoms with Gasteiger partial charge in [0.25, 0.3) is 5.91 Å². The SMILES string of the molecule is O=C(NCc1cccnc1)c1ccc(-c2cc(C(F)(F)F)ccn2)cc1. The number of halogens is 3. The summed E-state index contributed by atoms with van der Waals surface area (Å²) in [5.41, 5.74) is 1.21. The largest absolute Gasteiger partial charge is 0.416 e. The van der Waals surface area contributed by atoms with E-state index in [1.165, 1.54) is 0 Å². The second-order valence-corrected chi connectivity index (χ2v) is 5.55. The Morgan fingerprint density at radius 3 is 2.46 bits per heavy atom. The van der Waals surface area contributed by atoms with Gasteiger partial charge in [-0.3, -0.25) is 14.8 Å². The highest BCUT2D eigenvalue weighted by Gasteiger charge is 2.30. The summed E-state index contributed by atoms with van der Waals surface area (Å²) in [6.45, 7) is 0.337. The molecular formula is C19H14F3N3O. The van der Waals surface area contributed by atoms with Gasteiger partial charge >= 0.3 is 6.18 Å². The van der Waals surface area contributed by atoms with E-state index in [9.17, 15) is 18.0 Å². The van der Waals surface area contributed by atoms with Gasteiger partial charge < -0.3 is 5.32 Å². The fourth-order valence-corrected chi connectivity index (χ4v) is 2.34. The molecule has 0 aliphatic heterocycles. The predicted octanol–water partition coefficient (Wildman–Crippen LogP) is 4.09. The molecule has 0 radical (unpaired) electrons. The second kappa shape index (κ2) is 7.35. The van der Waals surface area contributed by atoms with Crippen LogP contribution in [0, 0.1) is 0 Å². The molecule has 0 aliphatic rings. The summed E-state index contributed by atoms with van der Waals surface area (Å²) in [4.78, 5) is 20.1. The molecule has 0 saturated heterocycles. The summed E-state index contributed by atoms with van der Waals surface area (Å²) in [6.07, 6.45) is -0.00890. The van der Waals surface area contributed by atoms with Gasteiger partial charge in [-0.05, 0) is 35.9 Å². The van der Waals surface area contributed by atoms with Crippen LogP contribution >= 0.6 is 0 Å². The Bertz CT molecular complexity index is 894. The molecule has 2 aromatic heterocycles. The number of pyridine rings is 2. The van der Waals surface area contributed by atoms with Gasteiger partial charge in [0.15, 0.2) is 0 Å². The first-order valence-electron chi connectivity index (χ1n) is 7.74. The standard InChI is InChI=1S/C19H14F3N3O/c20-19(21,22)16-7-9-24-17(10-16)14-3-5-15(6-4-14)18(26)25-12-13-2-1-8-23-11-13/h1-11H,12H2,(H,25,26). The van der Waals surface area contributed by atoms with Gasteiger partial charge in [-0.25, -0.2) is 0 Å². The maximum atomic E-state index is 12.8. The van der Waals surface area contributed by atoms with Crippen LogP contribution in [-0.4, -0.2) is 15.9 Å². The normalized spacial score (nSPS) is 11.2. The van der Waals surface area contributed by atoms with Crippen LogP contribution in [-0.2, 0) is 12.7 Å².